The van der Waals surface area contributed by atoms with Gasteiger partial charge >= 0.3 is 0 Å². The van der Waals surface area contributed by atoms with Gasteiger partial charge in [-0.25, -0.2) is 0 Å². The predicted octanol–water partition coefficient (Wildman–Crippen LogP) is 11.8. The maximum absolute atomic E-state index is 3.68. The quantitative estimate of drug-likeness (QED) is 0.0887. The van der Waals surface area contributed by atoms with Crippen molar-refractivity contribution in [3.63, 3.8) is 0 Å². The van der Waals surface area contributed by atoms with Crippen LogP contribution in [0, 0.1) is 5.41 Å². The summed E-state index contributed by atoms with van der Waals surface area (Å²) < 4.78 is 0. The second-order valence-electron chi connectivity index (χ2n) is 10.2. The third kappa shape index (κ3) is 19.2. The molecule has 0 unspecified atom stereocenters. The lowest BCUT2D eigenvalue weighted by Crippen LogP contribution is -2.21. The van der Waals surface area contributed by atoms with Crippen LogP contribution in [-0.4, -0.2) is 5.33 Å². The van der Waals surface area contributed by atoms with Gasteiger partial charge in [-0.1, -0.05) is 159 Å². The molecule has 0 saturated heterocycles. The SMILES string of the molecule is CCCCCCCCC(CCCCBr)(CCCCCCCC)CCCCCCCC. The predicted molar refractivity (Wildman–Crippen MR) is 144 cm³/mol. The van der Waals surface area contributed by atoms with Crippen molar-refractivity contribution in [2.24, 2.45) is 5.41 Å². The molecule has 0 aliphatic rings. The van der Waals surface area contributed by atoms with Gasteiger partial charge in [-0.3, -0.25) is 0 Å². The molecule has 0 nitrogen and oxygen atoms in total. The van der Waals surface area contributed by atoms with E-state index in [1.807, 2.05) is 0 Å². The van der Waals surface area contributed by atoms with E-state index in [9.17, 15) is 0 Å². The van der Waals surface area contributed by atoms with Gasteiger partial charge in [0.15, 0.2) is 0 Å². The average molecular weight is 488 g/mol. The van der Waals surface area contributed by atoms with Gasteiger partial charge in [-0.2, -0.15) is 0 Å². The van der Waals surface area contributed by atoms with E-state index in [1.165, 1.54) is 159 Å². The zero-order chi connectivity index (χ0) is 22.2. The molecule has 1 heteroatoms. The second-order valence-corrected chi connectivity index (χ2v) is 11.0. The van der Waals surface area contributed by atoms with Gasteiger partial charge in [-0.15, -0.1) is 0 Å². The van der Waals surface area contributed by atoms with Gasteiger partial charge in [0.05, 0.1) is 0 Å². The first kappa shape index (κ1) is 30.5. The summed E-state index contributed by atoms with van der Waals surface area (Å²) in [6.07, 6.45) is 35.0. The molecule has 0 aliphatic heterocycles. The van der Waals surface area contributed by atoms with E-state index in [4.69, 9.17) is 0 Å². The smallest absolute Gasteiger partial charge is 0.00313 e. The van der Waals surface area contributed by atoms with Gasteiger partial charge in [0.25, 0.3) is 0 Å². The molecular weight excluding hydrogens is 428 g/mol. The number of rotatable bonds is 25. The lowest BCUT2D eigenvalue weighted by Gasteiger charge is -2.35. The summed E-state index contributed by atoms with van der Waals surface area (Å²) in [7, 11) is 0. The van der Waals surface area contributed by atoms with Gasteiger partial charge in [0, 0.05) is 5.33 Å². The first-order chi connectivity index (χ1) is 14.7. The van der Waals surface area contributed by atoms with Gasteiger partial charge < -0.3 is 0 Å². The molecule has 0 fully saturated rings. The number of unbranched alkanes of at least 4 members (excludes halogenated alkanes) is 16. The summed E-state index contributed by atoms with van der Waals surface area (Å²) >= 11 is 3.68. The van der Waals surface area contributed by atoms with Gasteiger partial charge in [-0.05, 0) is 37.5 Å². The van der Waals surface area contributed by atoms with E-state index in [0.29, 0.717) is 5.41 Å². The molecule has 182 valence electrons. The van der Waals surface area contributed by atoms with E-state index in [1.54, 1.807) is 0 Å². The molecule has 0 amide bonds. The molecule has 0 aliphatic carbocycles. The molecule has 30 heavy (non-hydrogen) atoms. The molecule has 0 rings (SSSR count). The molecule has 0 spiro atoms. The fourth-order valence-electron chi connectivity index (χ4n) is 5.19. The Kier molecular flexibility index (Phi) is 24.5. The Morgan fingerprint density at radius 3 is 0.933 bits per heavy atom. The molecule has 0 aromatic heterocycles. The van der Waals surface area contributed by atoms with Crippen LogP contribution in [-0.2, 0) is 0 Å². The number of alkyl halides is 1. The summed E-state index contributed by atoms with van der Waals surface area (Å²) in [5.41, 5.74) is 0.669. The van der Waals surface area contributed by atoms with Crippen molar-refractivity contribution in [3.05, 3.63) is 0 Å². The van der Waals surface area contributed by atoms with E-state index >= 15 is 0 Å². The van der Waals surface area contributed by atoms with Crippen molar-refractivity contribution < 1.29 is 0 Å². The fourth-order valence-corrected chi connectivity index (χ4v) is 5.58. The Labute approximate surface area is 201 Å². The summed E-state index contributed by atoms with van der Waals surface area (Å²) in [6, 6.07) is 0. The van der Waals surface area contributed by atoms with E-state index in [2.05, 4.69) is 36.7 Å². The van der Waals surface area contributed by atoms with Crippen molar-refractivity contribution in [2.45, 2.75) is 175 Å². The number of hydrogen-bond acceptors (Lipinski definition) is 0. The topological polar surface area (TPSA) is 0 Å². The third-order valence-corrected chi connectivity index (χ3v) is 7.83. The van der Waals surface area contributed by atoms with Crippen molar-refractivity contribution >= 4 is 15.9 Å². The molecule has 0 aromatic rings. The normalized spacial score (nSPS) is 12.0. The molecule has 0 heterocycles. The molecule has 0 atom stereocenters. The average Bonchev–Trinajstić information content (AvgIpc) is 2.75. The largest absolute Gasteiger partial charge is 0.0928 e. The fraction of sp³-hybridized carbons (Fsp3) is 1.00. The van der Waals surface area contributed by atoms with Crippen molar-refractivity contribution in [3.8, 4) is 0 Å². The molecule has 0 radical (unpaired) electrons. The van der Waals surface area contributed by atoms with Crippen molar-refractivity contribution in [2.75, 3.05) is 5.33 Å². The number of hydrogen-bond donors (Lipinski definition) is 0. The van der Waals surface area contributed by atoms with Crippen LogP contribution in [0.4, 0.5) is 0 Å². The molecular formula is C29H59Br. The third-order valence-electron chi connectivity index (χ3n) is 7.27. The van der Waals surface area contributed by atoms with Crippen molar-refractivity contribution in [1.29, 1.82) is 0 Å². The van der Waals surface area contributed by atoms with E-state index < -0.39 is 0 Å². The zero-order valence-electron chi connectivity index (χ0n) is 21.6. The summed E-state index contributed by atoms with van der Waals surface area (Å²) in [4.78, 5) is 0. The Morgan fingerprint density at radius 2 is 0.633 bits per heavy atom. The maximum atomic E-state index is 3.68. The minimum absolute atomic E-state index is 0.669. The number of halogens is 1. The maximum Gasteiger partial charge on any atom is 0.00313 e. The summed E-state index contributed by atoms with van der Waals surface area (Å²) in [5, 5.41) is 1.19. The van der Waals surface area contributed by atoms with E-state index in [0.717, 1.165) is 0 Å². The molecule has 0 N–H and O–H groups in total. The summed E-state index contributed by atoms with van der Waals surface area (Å²) in [6.45, 7) is 6.99. The van der Waals surface area contributed by atoms with E-state index in [-0.39, 0.29) is 0 Å². The first-order valence-corrected chi connectivity index (χ1v) is 15.4. The van der Waals surface area contributed by atoms with Crippen LogP contribution in [0.15, 0.2) is 0 Å². The van der Waals surface area contributed by atoms with Crippen LogP contribution in [0.2, 0.25) is 0 Å². The van der Waals surface area contributed by atoms with Gasteiger partial charge in [0.2, 0.25) is 0 Å². The first-order valence-electron chi connectivity index (χ1n) is 14.3. The Balaban J connectivity index is 4.61. The Morgan fingerprint density at radius 1 is 0.367 bits per heavy atom. The highest BCUT2D eigenvalue weighted by molar-refractivity contribution is 9.09. The highest BCUT2D eigenvalue weighted by atomic mass is 79.9. The summed E-state index contributed by atoms with van der Waals surface area (Å²) in [5.74, 6) is 0. The van der Waals surface area contributed by atoms with Crippen LogP contribution in [0.1, 0.15) is 175 Å². The monoisotopic (exact) mass is 486 g/mol. The molecule has 0 aromatic carbocycles. The van der Waals surface area contributed by atoms with Gasteiger partial charge in [0.1, 0.15) is 0 Å². The minimum Gasteiger partial charge on any atom is -0.0928 e. The van der Waals surface area contributed by atoms with Crippen molar-refractivity contribution in [1.82, 2.24) is 0 Å². The Hall–Kier alpha value is 0.480. The lowest BCUT2D eigenvalue weighted by molar-refractivity contribution is 0.173. The zero-order valence-corrected chi connectivity index (χ0v) is 23.1. The van der Waals surface area contributed by atoms with Crippen LogP contribution in [0.3, 0.4) is 0 Å². The Bertz CT molecular complexity index is 271. The standard InChI is InChI=1S/C29H59Br/c1-4-7-10-13-16-19-24-29(27-22-23-28-30,25-20-17-14-11-8-5-2)26-21-18-15-12-9-6-3/h4-28H2,1-3H3. The van der Waals surface area contributed by atoms with Crippen LogP contribution in [0.5, 0.6) is 0 Å². The second kappa shape index (κ2) is 24.1. The van der Waals surface area contributed by atoms with Crippen LogP contribution in [0.25, 0.3) is 0 Å². The van der Waals surface area contributed by atoms with Crippen LogP contribution >= 0.6 is 15.9 Å². The minimum atomic E-state index is 0.669. The highest BCUT2D eigenvalue weighted by Crippen LogP contribution is 2.42. The lowest BCUT2D eigenvalue weighted by atomic mass is 9.70. The van der Waals surface area contributed by atoms with Crippen LogP contribution < -0.4 is 0 Å². The highest BCUT2D eigenvalue weighted by Gasteiger charge is 2.28. The molecule has 0 saturated carbocycles. The molecule has 0 bridgehead atoms.